The van der Waals surface area contributed by atoms with Crippen LogP contribution >= 0.6 is 0 Å². The van der Waals surface area contributed by atoms with Gasteiger partial charge in [-0.2, -0.15) is 5.26 Å². The van der Waals surface area contributed by atoms with Crippen molar-refractivity contribution in [2.45, 2.75) is 12.6 Å². The third kappa shape index (κ3) is 6.71. The number of carbonyl (C=O) groups excluding carboxylic acids is 2. The van der Waals surface area contributed by atoms with Crippen LogP contribution in [0.3, 0.4) is 0 Å². The maximum absolute atomic E-state index is 12.3. The average molecular weight is 366 g/mol. The number of hydrogen-bond acceptors (Lipinski definition) is 5. The minimum absolute atomic E-state index is 0.105. The number of para-hydroxylation sites is 1. The van der Waals surface area contributed by atoms with E-state index in [0.717, 1.165) is 11.3 Å². The second-order valence-corrected chi connectivity index (χ2v) is 5.85. The van der Waals surface area contributed by atoms with E-state index in [1.807, 2.05) is 78.7 Å². The number of ether oxygens (including phenoxy) is 1. The number of nitrogens with zero attached hydrogens (tertiary/aromatic N) is 2. The van der Waals surface area contributed by atoms with Gasteiger partial charge in [-0.15, -0.1) is 0 Å². The second-order valence-electron chi connectivity index (χ2n) is 5.85. The molecule has 0 aliphatic heterocycles. The molecule has 0 radical (unpaired) electrons. The van der Waals surface area contributed by atoms with E-state index in [1.54, 1.807) is 0 Å². The smallest absolute Gasteiger partial charge is 0.408 e. The van der Waals surface area contributed by atoms with Gasteiger partial charge in [0.2, 0.25) is 5.91 Å². The van der Waals surface area contributed by atoms with Crippen LogP contribution in [0, 0.1) is 11.3 Å². The molecule has 140 valence electrons. The van der Waals surface area contributed by atoms with E-state index in [-0.39, 0.29) is 19.7 Å². The predicted octanol–water partition coefficient (Wildman–Crippen LogP) is 2.06. The van der Waals surface area contributed by atoms with Gasteiger partial charge < -0.3 is 20.3 Å². The molecule has 1 atom stereocenters. The molecular weight excluding hydrogens is 344 g/mol. The molecule has 0 aromatic heterocycles. The molecule has 27 heavy (non-hydrogen) atoms. The summed E-state index contributed by atoms with van der Waals surface area (Å²) in [6.07, 6.45) is -0.697. The standard InChI is InChI=1S/C20H22N4O3/c1-24(17-10-6-3-7-11-17)14-18(19(25)22-13-12-21)23-20(26)27-15-16-8-4-2-5-9-16/h2-11,18H,13-15H2,1H3,(H,22,25)(H,23,26)/t18-/m0/s1. The first-order valence-corrected chi connectivity index (χ1v) is 8.48. The Morgan fingerprint density at radius 3 is 2.37 bits per heavy atom. The zero-order chi connectivity index (χ0) is 19.5. The van der Waals surface area contributed by atoms with E-state index in [2.05, 4.69) is 10.6 Å². The van der Waals surface area contributed by atoms with Crippen LogP contribution in [-0.4, -0.2) is 38.2 Å². The summed E-state index contributed by atoms with van der Waals surface area (Å²) in [5.74, 6) is -0.448. The predicted molar refractivity (Wildman–Crippen MR) is 102 cm³/mol. The monoisotopic (exact) mass is 366 g/mol. The van der Waals surface area contributed by atoms with Gasteiger partial charge in [0.05, 0.1) is 6.07 Å². The summed E-state index contributed by atoms with van der Waals surface area (Å²) in [5.41, 5.74) is 1.74. The van der Waals surface area contributed by atoms with Crippen molar-refractivity contribution in [1.82, 2.24) is 10.6 Å². The molecule has 7 heteroatoms. The molecule has 7 nitrogen and oxygen atoms in total. The van der Waals surface area contributed by atoms with Crippen LogP contribution in [0.4, 0.5) is 10.5 Å². The number of carbonyl (C=O) groups is 2. The van der Waals surface area contributed by atoms with Crippen molar-refractivity contribution in [3.8, 4) is 6.07 Å². The van der Waals surface area contributed by atoms with Crippen molar-refractivity contribution in [3.63, 3.8) is 0 Å². The van der Waals surface area contributed by atoms with Crippen LogP contribution in [0.1, 0.15) is 5.56 Å². The van der Waals surface area contributed by atoms with Crippen molar-refractivity contribution >= 4 is 17.7 Å². The van der Waals surface area contributed by atoms with Crippen LogP contribution in [-0.2, 0) is 16.1 Å². The lowest BCUT2D eigenvalue weighted by molar-refractivity contribution is -0.122. The van der Waals surface area contributed by atoms with E-state index in [4.69, 9.17) is 10.00 Å². The summed E-state index contributed by atoms with van der Waals surface area (Å²) in [6, 6.07) is 19.7. The van der Waals surface area contributed by atoms with Crippen molar-refractivity contribution in [2.24, 2.45) is 0 Å². The summed E-state index contributed by atoms with van der Waals surface area (Å²) in [6.45, 7) is 0.195. The van der Waals surface area contributed by atoms with Crippen LogP contribution in [0.5, 0.6) is 0 Å². The number of nitriles is 1. The van der Waals surface area contributed by atoms with Gasteiger partial charge in [0.1, 0.15) is 19.2 Å². The number of likely N-dealkylation sites (N-methyl/N-ethyl adjacent to an activating group) is 1. The maximum Gasteiger partial charge on any atom is 0.408 e. The Hall–Kier alpha value is -3.53. The summed E-state index contributed by atoms with van der Waals surface area (Å²) >= 11 is 0. The fourth-order valence-electron chi connectivity index (χ4n) is 2.41. The highest BCUT2D eigenvalue weighted by Crippen LogP contribution is 2.11. The maximum atomic E-state index is 12.3. The highest BCUT2D eigenvalue weighted by molar-refractivity contribution is 5.86. The molecule has 0 saturated heterocycles. The third-order valence-electron chi connectivity index (χ3n) is 3.82. The molecule has 0 unspecified atom stereocenters. The minimum atomic E-state index is -0.869. The topological polar surface area (TPSA) is 94.5 Å². The van der Waals surface area contributed by atoms with Gasteiger partial charge in [-0.25, -0.2) is 4.79 Å². The van der Waals surface area contributed by atoms with Crippen molar-refractivity contribution in [3.05, 3.63) is 66.2 Å². The lowest BCUT2D eigenvalue weighted by Gasteiger charge is -2.25. The van der Waals surface area contributed by atoms with Gasteiger partial charge in [0.15, 0.2) is 0 Å². The normalized spacial score (nSPS) is 11.0. The minimum Gasteiger partial charge on any atom is -0.445 e. The number of hydrogen-bond donors (Lipinski definition) is 2. The summed E-state index contributed by atoms with van der Waals surface area (Å²) in [5, 5.41) is 13.7. The molecular formula is C20H22N4O3. The van der Waals surface area contributed by atoms with E-state index < -0.39 is 18.0 Å². The number of amides is 2. The lowest BCUT2D eigenvalue weighted by Crippen LogP contribution is -2.52. The summed E-state index contributed by atoms with van der Waals surface area (Å²) in [4.78, 5) is 26.3. The van der Waals surface area contributed by atoms with Crippen LogP contribution in [0.25, 0.3) is 0 Å². The Balaban J connectivity index is 1.97. The average Bonchev–Trinajstić information content (AvgIpc) is 2.71. The van der Waals surface area contributed by atoms with E-state index in [9.17, 15) is 9.59 Å². The molecule has 2 N–H and O–H groups in total. The largest absolute Gasteiger partial charge is 0.445 e. The summed E-state index contributed by atoms with van der Waals surface area (Å²) < 4.78 is 5.19. The molecule has 0 aliphatic rings. The van der Waals surface area contributed by atoms with Gasteiger partial charge in [-0.1, -0.05) is 48.5 Å². The Kier molecular flexibility index (Phi) is 7.67. The van der Waals surface area contributed by atoms with Gasteiger partial charge in [0, 0.05) is 19.3 Å². The summed E-state index contributed by atoms with van der Waals surface area (Å²) in [7, 11) is 1.82. The number of nitrogens with one attached hydrogen (secondary N) is 2. The molecule has 0 bridgehead atoms. The number of rotatable bonds is 8. The van der Waals surface area contributed by atoms with Gasteiger partial charge in [-0.05, 0) is 17.7 Å². The quantitative estimate of drug-likeness (QED) is 0.698. The highest BCUT2D eigenvalue weighted by Gasteiger charge is 2.23. The fraction of sp³-hybridized carbons (Fsp3) is 0.250. The first-order chi connectivity index (χ1) is 13.1. The van der Waals surface area contributed by atoms with Crippen molar-refractivity contribution < 1.29 is 14.3 Å². The Bertz CT molecular complexity index is 775. The number of anilines is 1. The Morgan fingerprint density at radius 2 is 1.74 bits per heavy atom. The van der Waals surface area contributed by atoms with Crippen LogP contribution < -0.4 is 15.5 Å². The molecule has 0 aliphatic carbocycles. The Morgan fingerprint density at radius 1 is 1.11 bits per heavy atom. The van der Waals surface area contributed by atoms with E-state index in [1.165, 1.54) is 0 Å². The molecule has 0 saturated carbocycles. The zero-order valence-electron chi connectivity index (χ0n) is 15.1. The highest BCUT2D eigenvalue weighted by atomic mass is 16.5. The lowest BCUT2D eigenvalue weighted by atomic mass is 10.2. The van der Waals surface area contributed by atoms with E-state index in [0.29, 0.717) is 0 Å². The van der Waals surface area contributed by atoms with Gasteiger partial charge >= 0.3 is 6.09 Å². The van der Waals surface area contributed by atoms with Gasteiger partial charge in [-0.3, -0.25) is 4.79 Å². The molecule has 0 spiro atoms. The molecule has 2 aromatic rings. The first kappa shape index (κ1) is 19.8. The molecule has 0 fully saturated rings. The van der Waals surface area contributed by atoms with Crippen LogP contribution in [0.15, 0.2) is 60.7 Å². The van der Waals surface area contributed by atoms with Crippen LogP contribution in [0.2, 0.25) is 0 Å². The third-order valence-corrected chi connectivity index (χ3v) is 3.82. The SMILES string of the molecule is CN(C[C@H](NC(=O)OCc1ccccc1)C(=O)NCC#N)c1ccccc1. The first-order valence-electron chi connectivity index (χ1n) is 8.48. The zero-order valence-corrected chi connectivity index (χ0v) is 15.1. The van der Waals surface area contributed by atoms with E-state index >= 15 is 0 Å². The van der Waals surface area contributed by atoms with Crippen molar-refractivity contribution in [1.29, 1.82) is 5.26 Å². The van der Waals surface area contributed by atoms with Gasteiger partial charge in [0.25, 0.3) is 0 Å². The molecule has 0 heterocycles. The van der Waals surface area contributed by atoms with Crippen molar-refractivity contribution in [2.75, 3.05) is 25.0 Å². The fourth-order valence-corrected chi connectivity index (χ4v) is 2.41. The Labute approximate surface area is 158 Å². The molecule has 2 aromatic carbocycles. The second kappa shape index (κ2) is 10.5. The number of benzene rings is 2. The molecule has 2 amide bonds. The molecule has 2 rings (SSSR count). The number of alkyl carbamates (subject to hydrolysis) is 1.